The van der Waals surface area contributed by atoms with Crippen LogP contribution >= 0.6 is 0 Å². The number of nitrogen functional groups attached to an aromatic ring is 1. The number of benzene rings is 1. The third kappa shape index (κ3) is 6.92. The van der Waals surface area contributed by atoms with Crippen LogP contribution in [0.5, 0.6) is 0 Å². The van der Waals surface area contributed by atoms with Gasteiger partial charge in [0.1, 0.15) is 0 Å². The van der Waals surface area contributed by atoms with E-state index in [9.17, 15) is 17.6 Å². The Kier molecular flexibility index (Phi) is 9.71. The molecule has 3 aliphatic rings. The molecule has 1 heterocycles. The molecule has 4 rings (SSSR count). The zero-order chi connectivity index (χ0) is 25.2. The van der Waals surface area contributed by atoms with Gasteiger partial charge in [-0.25, -0.2) is 17.5 Å². The summed E-state index contributed by atoms with van der Waals surface area (Å²) in [6, 6.07) is 5.73. The molecule has 2 atom stereocenters. The molecule has 0 radical (unpaired) electrons. The Morgan fingerprint density at radius 3 is 2.53 bits per heavy atom. The van der Waals surface area contributed by atoms with Gasteiger partial charge in [0.2, 0.25) is 10.0 Å². The third-order valence-corrected chi connectivity index (χ3v) is 8.63. The van der Waals surface area contributed by atoms with Crippen LogP contribution in [0.1, 0.15) is 62.8 Å². The molecule has 3 N–H and O–H groups in total. The molecule has 8 nitrogen and oxygen atoms in total. The number of carbonyl (C=O) groups is 1. The van der Waals surface area contributed by atoms with Gasteiger partial charge in [0, 0.05) is 47.8 Å². The Hall–Kier alpha value is -1.39. The molecule has 1 aromatic carbocycles. The molecule has 0 unspecified atom stereocenters. The van der Waals surface area contributed by atoms with Crippen LogP contribution in [-0.2, 0) is 36.6 Å². The van der Waals surface area contributed by atoms with Gasteiger partial charge >= 0.3 is 0 Å². The predicted molar refractivity (Wildman–Crippen MR) is 135 cm³/mol. The van der Waals surface area contributed by atoms with E-state index in [1.165, 1.54) is 5.56 Å². The van der Waals surface area contributed by atoms with Crippen molar-refractivity contribution in [2.75, 3.05) is 38.7 Å². The van der Waals surface area contributed by atoms with E-state index in [2.05, 4.69) is 22.2 Å². The van der Waals surface area contributed by atoms with Crippen molar-refractivity contribution in [1.29, 1.82) is 0 Å². The number of anilines is 1. The molecule has 1 amide bonds. The van der Waals surface area contributed by atoms with Crippen LogP contribution in [0.25, 0.3) is 5.32 Å². The van der Waals surface area contributed by atoms with Crippen molar-refractivity contribution in [2.24, 2.45) is 5.92 Å². The van der Waals surface area contributed by atoms with E-state index in [0.717, 1.165) is 44.0 Å². The number of carbonyl (C=O) groups excluding carboxylic acids is 1. The van der Waals surface area contributed by atoms with Crippen molar-refractivity contribution in [1.82, 2.24) is 9.62 Å². The Morgan fingerprint density at radius 1 is 1.25 bits per heavy atom. The van der Waals surface area contributed by atoms with E-state index in [-0.39, 0.29) is 48.0 Å². The summed E-state index contributed by atoms with van der Waals surface area (Å²) in [7, 11) is -1.66. The summed E-state index contributed by atoms with van der Waals surface area (Å²) in [5, 5.41) is 4.25. The minimum Gasteiger partial charge on any atom is -0.685 e. The summed E-state index contributed by atoms with van der Waals surface area (Å²) in [6.07, 6.45) is 6.75. The Balaban J connectivity index is 0.00000361. The first kappa shape index (κ1) is 29.2. The summed E-state index contributed by atoms with van der Waals surface area (Å²) in [6.45, 7) is 1.00. The van der Waals surface area contributed by atoms with Crippen molar-refractivity contribution in [3.8, 4) is 0 Å². The molecule has 0 bridgehead atoms. The van der Waals surface area contributed by atoms with Crippen molar-refractivity contribution in [3.63, 3.8) is 0 Å². The fourth-order valence-electron chi connectivity index (χ4n) is 5.63. The molecule has 1 aliphatic heterocycles. The molecule has 2 saturated carbocycles. The van der Waals surface area contributed by atoms with E-state index in [1.807, 2.05) is 6.07 Å². The monoisotopic (exact) mass is 565 g/mol. The van der Waals surface area contributed by atoms with E-state index in [1.54, 1.807) is 11.9 Å². The minimum absolute atomic E-state index is 0. The molecule has 1 aromatic rings. The number of alkyl halides is 1. The first-order valence-corrected chi connectivity index (χ1v) is 14.5. The topological polar surface area (TPSA) is 116 Å². The average molecular weight is 566 g/mol. The van der Waals surface area contributed by atoms with Gasteiger partial charge in [0.15, 0.2) is 5.67 Å². The van der Waals surface area contributed by atoms with E-state index >= 15 is 0 Å². The number of likely N-dealkylation sites (tertiary alicyclic amines) is 1. The number of piperidine rings is 1. The Bertz CT molecular complexity index is 1020. The maximum Gasteiger partial charge on any atom is 0.260 e. The van der Waals surface area contributed by atoms with Crippen molar-refractivity contribution in [2.45, 2.75) is 75.1 Å². The SMILES string of the molecule is C[N-]c1cc(C2CCC(OC[C@@H]3CN(C(=O)C4(F)CCC4)CC[C@@H]3NS(C)(=O)=O)CC2)ccc1N.[Fe]. The molecule has 36 heavy (non-hydrogen) atoms. The number of hydrogen-bond donors (Lipinski definition) is 2. The fourth-order valence-corrected chi connectivity index (χ4v) is 6.49. The Morgan fingerprint density at radius 2 is 1.94 bits per heavy atom. The number of hydrogen-bond acceptors (Lipinski definition) is 5. The summed E-state index contributed by atoms with van der Waals surface area (Å²) >= 11 is 0. The maximum absolute atomic E-state index is 14.8. The van der Waals surface area contributed by atoms with Crippen LogP contribution in [0.4, 0.5) is 15.8 Å². The standard InChI is InChI=1S/C25H38FN4O4S.Fe/c1-28-23-14-18(6-9-21(23)27)17-4-7-20(8-5-17)34-16-19-15-30(24(31)25(26)11-3-12-25)13-10-22(19)29-35(2,32)33;/h6,9,14,17,19-20,22,29H,3-5,7-8,10-13,15-16,27H2,1-2H3;/q-1;/t17?,19-,20?,22-;/m0./s1. The number of ether oxygens (including phenoxy) is 1. The minimum atomic E-state index is -3.41. The van der Waals surface area contributed by atoms with E-state index < -0.39 is 21.6 Å². The maximum atomic E-state index is 14.8. The number of rotatable bonds is 8. The summed E-state index contributed by atoms with van der Waals surface area (Å²) < 4.78 is 47.6. The summed E-state index contributed by atoms with van der Waals surface area (Å²) in [5.41, 5.74) is 6.97. The van der Waals surface area contributed by atoms with Gasteiger partial charge < -0.3 is 20.7 Å². The number of nitrogens with zero attached hydrogens (tertiary/aromatic N) is 2. The van der Waals surface area contributed by atoms with Crippen molar-refractivity contribution < 1.29 is 39.4 Å². The first-order chi connectivity index (χ1) is 16.6. The second-order valence-corrected chi connectivity index (χ2v) is 12.2. The van der Waals surface area contributed by atoms with Crippen LogP contribution < -0.4 is 10.5 Å². The summed E-state index contributed by atoms with van der Waals surface area (Å²) in [5.74, 6) is -0.231. The van der Waals surface area contributed by atoms with Gasteiger partial charge in [-0.05, 0) is 68.9 Å². The normalized spacial score (nSPS) is 28.0. The molecular formula is C25H38FFeN4O4S-. The van der Waals surface area contributed by atoms with Crippen LogP contribution in [-0.4, -0.2) is 70.0 Å². The second-order valence-electron chi connectivity index (χ2n) is 10.5. The predicted octanol–water partition coefficient (Wildman–Crippen LogP) is 3.60. The zero-order valence-electron chi connectivity index (χ0n) is 21.1. The number of halogens is 1. The molecule has 2 aliphatic carbocycles. The quantitative estimate of drug-likeness (QED) is 0.369. The number of amides is 1. The molecule has 1 saturated heterocycles. The second kappa shape index (κ2) is 12.0. The van der Waals surface area contributed by atoms with Gasteiger partial charge in [-0.2, -0.15) is 0 Å². The van der Waals surface area contributed by atoms with Crippen molar-refractivity contribution in [3.05, 3.63) is 29.1 Å². The van der Waals surface area contributed by atoms with E-state index in [0.29, 0.717) is 37.7 Å². The van der Waals surface area contributed by atoms with Crippen LogP contribution in [0, 0.1) is 5.92 Å². The molecule has 204 valence electrons. The number of nitrogens with one attached hydrogen (secondary N) is 1. The van der Waals surface area contributed by atoms with Gasteiger partial charge in [0.05, 0.1) is 19.0 Å². The third-order valence-electron chi connectivity index (χ3n) is 7.90. The number of sulfonamides is 1. The molecular weight excluding hydrogens is 527 g/mol. The van der Waals surface area contributed by atoms with Crippen LogP contribution in [0.3, 0.4) is 0 Å². The smallest absolute Gasteiger partial charge is 0.260 e. The number of nitrogens with two attached hydrogens (primary N) is 1. The summed E-state index contributed by atoms with van der Waals surface area (Å²) in [4.78, 5) is 14.3. The zero-order valence-corrected chi connectivity index (χ0v) is 23.0. The molecule has 0 aromatic heterocycles. The van der Waals surface area contributed by atoms with Crippen LogP contribution in [0.15, 0.2) is 18.2 Å². The first-order valence-electron chi connectivity index (χ1n) is 12.6. The average Bonchev–Trinajstić information content (AvgIpc) is 2.81. The molecule has 3 fully saturated rings. The Labute approximate surface area is 224 Å². The van der Waals surface area contributed by atoms with Gasteiger partial charge in [-0.1, -0.05) is 12.1 Å². The van der Waals surface area contributed by atoms with E-state index in [4.69, 9.17) is 10.5 Å². The molecule has 0 spiro atoms. The van der Waals surface area contributed by atoms with Crippen LogP contribution in [0.2, 0.25) is 0 Å². The van der Waals surface area contributed by atoms with Crippen molar-refractivity contribution >= 4 is 27.3 Å². The van der Waals surface area contributed by atoms with Gasteiger partial charge in [0.25, 0.3) is 5.91 Å². The fraction of sp³-hybridized carbons (Fsp3) is 0.720. The largest absolute Gasteiger partial charge is 0.685 e. The molecule has 11 heteroatoms. The van der Waals surface area contributed by atoms with Gasteiger partial charge in [-0.3, -0.25) is 4.79 Å². The van der Waals surface area contributed by atoms with Gasteiger partial charge in [-0.15, -0.1) is 12.7 Å².